The van der Waals surface area contributed by atoms with E-state index in [1.165, 1.54) is 24.3 Å². The molecule has 144 valence electrons. The number of phenols is 1. The van der Waals surface area contributed by atoms with Crippen LogP contribution in [-0.4, -0.2) is 50.0 Å². The quantitative estimate of drug-likeness (QED) is 0.721. The molecule has 3 rings (SSSR count). The molecule has 0 bridgehead atoms. The maximum Gasteiger partial charge on any atom is 0.330 e. The first kappa shape index (κ1) is 18.8. The van der Waals surface area contributed by atoms with Gasteiger partial charge in [-0.15, -0.1) is 0 Å². The van der Waals surface area contributed by atoms with E-state index in [9.17, 15) is 19.8 Å². The average molecular weight is 372 g/mol. The first-order valence-corrected chi connectivity index (χ1v) is 9.07. The van der Waals surface area contributed by atoms with E-state index in [1.807, 2.05) is 16.9 Å². The fourth-order valence-electron chi connectivity index (χ4n) is 3.34. The Labute approximate surface area is 157 Å². The Bertz CT molecular complexity index is 753. The number of rotatable bonds is 6. The van der Waals surface area contributed by atoms with Crippen LogP contribution in [0.15, 0.2) is 42.7 Å². The lowest BCUT2D eigenvalue weighted by Crippen LogP contribution is -2.47. The molecule has 8 heteroatoms. The number of benzene rings is 1. The van der Waals surface area contributed by atoms with Gasteiger partial charge in [-0.3, -0.25) is 4.68 Å². The van der Waals surface area contributed by atoms with Crippen LogP contribution in [0.3, 0.4) is 0 Å². The van der Waals surface area contributed by atoms with Crippen LogP contribution in [0.2, 0.25) is 0 Å². The van der Waals surface area contributed by atoms with Crippen molar-refractivity contribution in [3.8, 4) is 5.75 Å². The molecular weight excluding hydrogens is 348 g/mol. The van der Waals surface area contributed by atoms with Crippen molar-refractivity contribution in [3.05, 3.63) is 48.3 Å². The molecule has 2 amide bonds. The van der Waals surface area contributed by atoms with Gasteiger partial charge in [0.1, 0.15) is 5.75 Å². The van der Waals surface area contributed by atoms with Crippen LogP contribution in [0.25, 0.3) is 0 Å². The number of piperidine rings is 1. The zero-order chi connectivity index (χ0) is 19.2. The molecule has 1 aromatic heterocycles. The predicted octanol–water partition coefficient (Wildman–Crippen LogP) is 2.23. The summed E-state index contributed by atoms with van der Waals surface area (Å²) in [5.74, 6) is -0.555. The number of nitrogens with one attached hydrogen (secondary N) is 1. The molecule has 27 heavy (non-hydrogen) atoms. The van der Waals surface area contributed by atoms with Crippen molar-refractivity contribution in [1.82, 2.24) is 20.0 Å². The van der Waals surface area contributed by atoms with E-state index < -0.39 is 12.0 Å². The number of carboxylic acid groups (broad SMARTS) is 1. The number of aromatic hydroxyl groups is 1. The van der Waals surface area contributed by atoms with Crippen molar-refractivity contribution >= 4 is 12.0 Å². The molecule has 2 heterocycles. The van der Waals surface area contributed by atoms with E-state index in [0.717, 1.165) is 25.8 Å². The molecule has 1 aromatic carbocycles. The molecule has 1 aliphatic heterocycles. The number of aromatic nitrogens is 2. The highest BCUT2D eigenvalue weighted by molar-refractivity contribution is 5.83. The highest BCUT2D eigenvalue weighted by atomic mass is 16.4. The lowest BCUT2D eigenvalue weighted by molar-refractivity contribution is -0.139. The van der Waals surface area contributed by atoms with Gasteiger partial charge in [0, 0.05) is 32.0 Å². The summed E-state index contributed by atoms with van der Waals surface area (Å²) in [5.41, 5.74) is 0.419. The van der Waals surface area contributed by atoms with Crippen LogP contribution < -0.4 is 5.32 Å². The molecular formula is C19H24N4O4. The number of carbonyl (C=O) groups excluding carboxylic acids is 1. The minimum absolute atomic E-state index is 0.0476. The number of likely N-dealkylation sites (tertiary alicyclic amines) is 1. The Kier molecular flexibility index (Phi) is 5.95. The summed E-state index contributed by atoms with van der Waals surface area (Å²) in [6.07, 6.45) is 6.51. The van der Waals surface area contributed by atoms with E-state index in [0.29, 0.717) is 24.6 Å². The van der Waals surface area contributed by atoms with Gasteiger partial charge in [0.2, 0.25) is 0 Å². The first-order chi connectivity index (χ1) is 13.0. The number of carboxylic acids is 1. The first-order valence-electron chi connectivity index (χ1n) is 9.07. The molecule has 1 aliphatic rings. The lowest BCUT2D eigenvalue weighted by atomic mass is 9.94. The van der Waals surface area contributed by atoms with Crippen LogP contribution in [-0.2, 0) is 11.3 Å². The summed E-state index contributed by atoms with van der Waals surface area (Å²) < 4.78 is 1.91. The third-order valence-corrected chi connectivity index (χ3v) is 4.97. The molecule has 1 saturated heterocycles. The van der Waals surface area contributed by atoms with Crippen LogP contribution in [0.1, 0.15) is 30.9 Å². The topological polar surface area (TPSA) is 108 Å². The van der Waals surface area contributed by atoms with Gasteiger partial charge < -0.3 is 20.4 Å². The zero-order valence-corrected chi connectivity index (χ0v) is 15.0. The Morgan fingerprint density at radius 1 is 1.22 bits per heavy atom. The largest absolute Gasteiger partial charge is 0.508 e. The van der Waals surface area contributed by atoms with Gasteiger partial charge in [-0.2, -0.15) is 5.10 Å². The molecule has 0 spiro atoms. The van der Waals surface area contributed by atoms with Crippen molar-refractivity contribution in [1.29, 1.82) is 0 Å². The maximum absolute atomic E-state index is 12.5. The monoisotopic (exact) mass is 372 g/mol. The van der Waals surface area contributed by atoms with E-state index in [1.54, 1.807) is 11.1 Å². The molecule has 0 aliphatic carbocycles. The molecule has 1 fully saturated rings. The lowest BCUT2D eigenvalue weighted by Gasteiger charge is -2.32. The summed E-state index contributed by atoms with van der Waals surface area (Å²) in [5, 5.41) is 25.6. The Morgan fingerprint density at radius 3 is 2.52 bits per heavy atom. The summed E-state index contributed by atoms with van der Waals surface area (Å²) in [4.78, 5) is 25.7. The summed E-state index contributed by atoms with van der Waals surface area (Å²) in [6, 6.07) is 6.19. The van der Waals surface area contributed by atoms with Crippen LogP contribution in [0.4, 0.5) is 4.79 Å². The molecule has 3 N–H and O–H groups in total. The summed E-state index contributed by atoms with van der Waals surface area (Å²) in [7, 11) is 0. The van der Waals surface area contributed by atoms with E-state index in [2.05, 4.69) is 10.4 Å². The Morgan fingerprint density at radius 2 is 1.93 bits per heavy atom. The number of amides is 2. The standard InChI is InChI=1S/C19H24N4O4/c24-16-4-2-15(3-5-16)17(18(25)26)21-19(27)22-11-6-14(7-12-22)8-13-23-10-1-9-20-23/h1-5,9-10,14,17,24H,6-8,11-13H2,(H,21,27)(H,25,26)/t17-/m1/s1. The van der Waals surface area contributed by atoms with Crippen LogP contribution in [0.5, 0.6) is 5.75 Å². The highest BCUT2D eigenvalue weighted by Gasteiger charge is 2.27. The SMILES string of the molecule is O=C(O)[C@H](NC(=O)N1CCC(CCn2cccn2)CC1)c1ccc(O)cc1. The van der Waals surface area contributed by atoms with Crippen LogP contribution >= 0.6 is 0 Å². The number of aryl methyl sites for hydroxylation is 1. The van der Waals surface area contributed by atoms with Gasteiger partial charge in [-0.05, 0) is 48.9 Å². The molecule has 8 nitrogen and oxygen atoms in total. The fraction of sp³-hybridized carbons (Fsp3) is 0.421. The van der Waals surface area contributed by atoms with Gasteiger partial charge in [0.15, 0.2) is 6.04 Å². The molecule has 1 atom stereocenters. The number of nitrogens with zero attached hydrogens (tertiary/aromatic N) is 3. The summed E-state index contributed by atoms with van der Waals surface area (Å²) in [6.45, 7) is 2.08. The number of hydrogen-bond acceptors (Lipinski definition) is 4. The van der Waals surface area contributed by atoms with E-state index in [4.69, 9.17) is 0 Å². The summed E-state index contributed by atoms with van der Waals surface area (Å²) >= 11 is 0. The minimum Gasteiger partial charge on any atom is -0.508 e. The van der Waals surface area contributed by atoms with E-state index >= 15 is 0 Å². The second kappa shape index (κ2) is 8.57. The van der Waals surface area contributed by atoms with Crippen molar-refractivity contribution < 1.29 is 19.8 Å². The highest BCUT2D eigenvalue weighted by Crippen LogP contribution is 2.22. The van der Waals surface area contributed by atoms with Gasteiger partial charge >= 0.3 is 12.0 Å². The van der Waals surface area contributed by atoms with Crippen molar-refractivity contribution in [2.45, 2.75) is 31.8 Å². The van der Waals surface area contributed by atoms with Crippen LogP contribution in [0, 0.1) is 5.92 Å². The molecule has 0 unspecified atom stereocenters. The van der Waals surface area contributed by atoms with Gasteiger partial charge in [-0.1, -0.05) is 12.1 Å². The van der Waals surface area contributed by atoms with Crippen molar-refractivity contribution in [2.75, 3.05) is 13.1 Å². The Hall–Kier alpha value is -3.03. The number of carbonyl (C=O) groups is 2. The fourth-order valence-corrected chi connectivity index (χ4v) is 3.34. The normalized spacial score (nSPS) is 16.1. The second-order valence-electron chi connectivity index (χ2n) is 6.80. The average Bonchev–Trinajstić information content (AvgIpc) is 3.19. The second-order valence-corrected chi connectivity index (χ2v) is 6.80. The van der Waals surface area contributed by atoms with Gasteiger partial charge in [0.05, 0.1) is 0 Å². The number of hydrogen-bond donors (Lipinski definition) is 3. The smallest absolute Gasteiger partial charge is 0.330 e. The third kappa shape index (κ3) is 4.99. The maximum atomic E-state index is 12.5. The minimum atomic E-state index is -1.14. The number of urea groups is 1. The zero-order valence-electron chi connectivity index (χ0n) is 15.0. The Balaban J connectivity index is 1.50. The van der Waals surface area contributed by atoms with E-state index in [-0.39, 0.29) is 11.8 Å². The number of aliphatic carboxylic acids is 1. The molecule has 0 radical (unpaired) electrons. The van der Waals surface area contributed by atoms with Crippen molar-refractivity contribution in [3.63, 3.8) is 0 Å². The number of phenolic OH excluding ortho intramolecular Hbond substituents is 1. The van der Waals surface area contributed by atoms with Crippen molar-refractivity contribution in [2.24, 2.45) is 5.92 Å². The predicted molar refractivity (Wildman–Crippen MR) is 98.2 cm³/mol. The van der Waals surface area contributed by atoms with Gasteiger partial charge in [-0.25, -0.2) is 9.59 Å². The third-order valence-electron chi connectivity index (χ3n) is 4.97. The van der Waals surface area contributed by atoms with Gasteiger partial charge in [0.25, 0.3) is 0 Å². The molecule has 2 aromatic rings. The molecule has 0 saturated carbocycles.